The number of rotatable bonds is 5. The summed E-state index contributed by atoms with van der Waals surface area (Å²) in [7, 11) is 1.70. The van der Waals surface area contributed by atoms with Crippen LogP contribution in [-0.4, -0.2) is 7.11 Å². The Hall–Kier alpha value is -1.06. The van der Waals surface area contributed by atoms with Gasteiger partial charge in [-0.05, 0) is 42.4 Å². The van der Waals surface area contributed by atoms with Gasteiger partial charge in [-0.1, -0.05) is 32.9 Å². The fourth-order valence-electron chi connectivity index (χ4n) is 1.98. The average Bonchev–Trinajstić information content (AvgIpc) is 2.30. The SMILES string of the molecule is COc1cc(C(CCC(C)(C)C)NN)ccc1C. The molecule has 1 rings (SSSR count). The number of methoxy groups -OCH3 is 1. The Morgan fingerprint density at radius 2 is 2.00 bits per heavy atom. The number of ether oxygens (including phenoxy) is 1. The van der Waals surface area contributed by atoms with Crippen LogP contribution < -0.4 is 16.0 Å². The summed E-state index contributed by atoms with van der Waals surface area (Å²) in [5.41, 5.74) is 5.56. The molecule has 1 unspecified atom stereocenters. The molecule has 1 aromatic rings. The minimum atomic E-state index is 0.179. The number of nitrogens with two attached hydrogens (primary N) is 1. The summed E-state index contributed by atoms with van der Waals surface area (Å²) < 4.78 is 5.36. The van der Waals surface area contributed by atoms with E-state index in [1.807, 2.05) is 6.92 Å². The van der Waals surface area contributed by atoms with Crippen molar-refractivity contribution in [1.82, 2.24) is 5.43 Å². The molecule has 3 heteroatoms. The van der Waals surface area contributed by atoms with Gasteiger partial charge in [-0.3, -0.25) is 11.3 Å². The van der Waals surface area contributed by atoms with Gasteiger partial charge in [0.25, 0.3) is 0 Å². The number of aryl methyl sites for hydroxylation is 1. The first-order chi connectivity index (χ1) is 8.37. The molecule has 1 aromatic carbocycles. The average molecular weight is 250 g/mol. The molecular formula is C15H26N2O. The smallest absolute Gasteiger partial charge is 0.122 e. The van der Waals surface area contributed by atoms with Crippen molar-refractivity contribution in [2.24, 2.45) is 11.3 Å². The Bertz CT molecular complexity index is 383. The van der Waals surface area contributed by atoms with Gasteiger partial charge < -0.3 is 4.74 Å². The highest BCUT2D eigenvalue weighted by atomic mass is 16.5. The third kappa shape index (κ3) is 4.31. The Balaban J connectivity index is 2.82. The number of nitrogens with one attached hydrogen (secondary N) is 1. The van der Waals surface area contributed by atoms with Crippen LogP contribution in [-0.2, 0) is 0 Å². The Kier molecular flexibility index (Phi) is 5.17. The Morgan fingerprint density at radius 3 is 2.50 bits per heavy atom. The lowest BCUT2D eigenvalue weighted by molar-refractivity contribution is 0.333. The summed E-state index contributed by atoms with van der Waals surface area (Å²) >= 11 is 0. The highest BCUT2D eigenvalue weighted by Gasteiger charge is 2.16. The van der Waals surface area contributed by atoms with Crippen molar-refractivity contribution in [3.63, 3.8) is 0 Å². The van der Waals surface area contributed by atoms with Crippen molar-refractivity contribution < 1.29 is 4.74 Å². The standard InChI is InChI=1S/C15H26N2O/c1-11-6-7-12(10-14(11)18-5)13(17-16)8-9-15(2,3)4/h6-7,10,13,17H,8-9,16H2,1-5H3. The van der Waals surface area contributed by atoms with Crippen molar-refractivity contribution >= 4 is 0 Å². The van der Waals surface area contributed by atoms with Crippen LogP contribution in [0.1, 0.15) is 50.8 Å². The topological polar surface area (TPSA) is 47.3 Å². The van der Waals surface area contributed by atoms with E-state index in [1.54, 1.807) is 7.11 Å². The van der Waals surface area contributed by atoms with Gasteiger partial charge in [0.2, 0.25) is 0 Å². The fourth-order valence-corrected chi connectivity index (χ4v) is 1.98. The van der Waals surface area contributed by atoms with E-state index < -0.39 is 0 Å². The zero-order valence-electron chi connectivity index (χ0n) is 12.2. The molecular weight excluding hydrogens is 224 g/mol. The van der Waals surface area contributed by atoms with Crippen molar-refractivity contribution in [1.29, 1.82) is 0 Å². The third-order valence-electron chi connectivity index (χ3n) is 3.22. The molecule has 0 saturated carbocycles. The van der Waals surface area contributed by atoms with Gasteiger partial charge in [0.05, 0.1) is 7.11 Å². The first-order valence-electron chi connectivity index (χ1n) is 6.48. The fraction of sp³-hybridized carbons (Fsp3) is 0.600. The van der Waals surface area contributed by atoms with E-state index in [-0.39, 0.29) is 6.04 Å². The molecule has 0 amide bonds. The lowest BCUT2D eigenvalue weighted by Gasteiger charge is -2.23. The first-order valence-corrected chi connectivity index (χ1v) is 6.48. The molecule has 0 aliphatic heterocycles. The summed E-state index contributed by atoms with van der Waals surface area (Å²) in [6.07, 6.45) is 2.14. The van der Waals surface area contributed by atoms with Gasteiger partial charge in [-0.25, -0.2) is 0 Å². The van der Waals surface area contributed by atoms with E-state index in [2.05, 4.69) is 44.4 Å². The highest BCUT2D eigenvalue weighted by molar-refractivity contribution is 5.37. The minimum Gasteiger partial charge on any atom is -0.496 e. The second-order valence-corrected chi connectivity index (χ2v) is 6.05. The van der Waals surface area contributed by atoms with Gasteiger partial charge in [-0.15, -0.1) is 0 Å². The van der Waals surface area contributed by atoms with Crippen LogP contribution in [0.5, 0.6) is 5.75 Å². The lowest BCUT2D eigenvalue weighted by atomic mass is 9.87. The minimum absolute atomic E-state index is 0.179. The van der Waals surface area contributed by atoms with Crippen molar-refractivity contribution in [3.05, 3.63) is 29.3 Å². The Labute approximate surface area is 111 Å². The largest absolute Gasteiger partial charge is 0.496 e. The zero-order valence-corrected chi connectivity index (χ0v) is 12.2. The van der Waals surface area contributed by atoms with Crippen molar-refractivity contribution in [3.8, 4) is 5.75 Å². The maximum Gasteiger partial charge on any atom is 0.122 e. The van der Waals surface area contributed by atoms with Crippen LogP contribution in [0.4, 0.5) is 0 Å². The van der Waals surface area contributed by atoms with E-state index in [0.717, 1.165) is 24.2 Å². The highest BCUT2D eigenvalue weighted by Crippen LogP contribution is 2.29. The van der Waals surface area contributed by atoms with E-state index in [1.165, 1.54) is 5.56 Å². The van der Waals surface area contributed by atoms with Gasteiger partial charge in [0, 0.05) is 6.04 Å². The van der Waals surface area contributed by atoms with Crippen molar-refractivity contribution in [2.45, 2.75) is 46.6 Å². The molecule has 0 heterocycles. The molecule has 3 nitrogen and oxygen atoms in total. The van der Waals surface area contributed by atoms with E-state index in [9.17, 15) is 0 Å². The number of hydrogen-bond acceptors (Lipinski definition) is 3. The molecule has 102 valence electrons. The van der Waals surface area contributed by atoms with Gasteiger partial charge in [0.15, 0.2) is 0 Å². The zero-order chi connectivity index (χ0) is 13.8. The second-order valence-electron chi connectivity index (χ2n) is 6.05. The van der Waals surface area contributed by atoms with Gasteiger partial charge in [-0.2, -0.15) is 0 Å². The molecule has 0 aromatic heterocycles. The second kappa shape index (κ2) is 6.21. The third-order valence-corrected chi connectivity index (χ3v) is 3.22. The Morgan fingerprint density at radius 1 is 1.33 bits per heavy atom. The first kappa shape index (κ1) is 15.0. The van der Waals surface area contributed by atoms with E-state index in [0.29, 0.717) is 5.41 Å². The summed E-state index contributed by atoms with van der Waals surface area (Å²) in [5.74, 6) is 6.59. The summed E-state index contributed by atoms with van der Waals surface area (Å²) in [5, 5.41) is 0. The monoisotopic (exact) mass is 250 g/mol. The van der Waals surface area contributed by atoms with E-state index >= 15 is 0 Å². The molecule has 3 N–H and O–H groups in total. The maximum absolute atomic E-state index is 5.67. The van der Waals surface area contributed by atoms with Crippen LogP contribution in [0, 0.1) is 12.3 Å². The molecule has 18 heavy (non-hydrogen) atoms. The normalized spacial score (nSPS) is 13.4. The molecule has 0 saturated heterocycles. The van der Waals surface area contributed by atoms with Crippen LogP contribution in [0.25, 0.3) is 0 Å². The van der Waals surface area contributed by atoms with Gasteiger partial charge >= 0.3 is 0 Å². The number of benzene rings is 1. The van der Waals surface area contributed by atoms with Crippen LogP contribution in [0.3, 0.4) is 0 Å². The lowest BCUT2D eigenvalue weighted by Crippen LogP contribution is -2.29. The van der Waals surface area contributed by atoms with Gasteiger partial charge in [0.1, 0.15) is 5.75 Å². The molecule has 0 aliphatic carbocycles. The molecule has 0 spiro atoms. The van der Waals surface area contributed by atoms with Crippen LogP contribution in [0.2, 0.25) is 0 Å². The van der Waals surface area contributed by atoms with Crippen LogP contribution >= 0.6 is 0 Å². The summed E-state index contributed by atoms with van der Waals surface area (Å²) in [4.78, 5) is 0. The van der Waals surface area contributed by atoms with E-state index in [4.69, 9.17) is 10.6 Å². The number of hydrazine groups is 1. The summed E-state index contributed by atoms with van der Waals surface area (Å²) in [6, 6.07) is 6.45. The molecule has 0 radical (unpaired) electrons. The molecule has 1 atom stereocenters. The predicted octanol–water partition coefficient (Wildman–Crippen LogP) is 3.33. The predicted molar refractivity (Wildman–Crippen MR) is 76.5 cm³/mol. The maximum atomic E-state index is 5.67. The molecule has 0 aliphatic rings. The quantitative estimate of drug-likeness (QED) is 0.622. The summed E-state index contributed by atoms with van der Waals surface area (Å²) in [6.45, 7) is 8.78. The van der Waals surface area contributed by atoms with Crippen molar-refractivity contribution in [2.75, 3.05) is 7.11 Å². The molecule has 0 bridgehead atoms. The van der Waals surface area contributed by atoms with Crippen LogP contribution in [0.15, 0.2) is 18.2 Å². The molecule has 0 fully saturated rings. The number of hydrogen-bond donors (Lipinski definition) is 2.